The fraction of sp³-hybridized carbons (Fsp3) is 0.750. The van der Waals surface area contributed by atoms with Crippen molar-refractivity contribution >= 4 is 19.5 Å². The fourth-order valence-corrected chi connectivity index (χ4v) is 2.93. The molecule has 0 radical (unpaired) electrons. The minimum absolute atomic E-state index is 1.18. The van der Waals surface area contributed by atoms with E-state index in [0.717, 1.165) is 0 Å². The molecule has 28 heavy (non-hydrogen) atoms. The van der Waals surface area contributed by atoms with Crippen LogP contribution in [0.15, 0.2) is 24.5 Å². The van der Waals surface area contributed by atoms with Crippen LogP contribution in [0, 0.1) is 6.92 Å². The van der Waals surface area contributed by atoms with Gasteiger partial charge in [-0.25, -0.2) is 4.57 Å². The van der Waals surface area contributed by atoms with Gasteiger partial charge in [0.2, 0.25) is 0 Å². The predicted molar refractivity (Wildman–Crippen MR) is 105 cm³/mol. The Balaban J connectivity index is 0.000000887. The van der Waals surface area contributed by atoms with E-state index in [2.05, 4.69) is 42.9 Å². The second-order valence-electron chi connectivity index (χ2n) is 7.47. The summed E-state index contributed by atoms with van der Waals surface area (Å²) in [6.45, 7) is 5.63. The molecule has 168 valence electrons. The van der Waals surface area contributed by atoms with E-state index >= 15 is 0 Å². The summed E-state index contributed by atoms with van der Waals surface area (Å²) in [4.78, 5) is 0. The van der Waals surface area contributed by atoms with Crippen LogP contribution >= 0.6 is 0 Å². The molecule has 1 nitrogen and oxygen atoms in total. The normalized spacial score (nSPS) is 14.0. The first-order valence-corrected chi connectivity index (χ1v) is 16.1. The summed E-state index contributed by atoms with van der Waals surface area (Å²) in [5.74, 6) is 0. The van der Waals surface area contributed by atoms with E-state index in [9.17, 15) is 16.9 Å². The van der Waals surface area contributed by atoms with Crippen molar-refractivity contribution in [2.75, 3.05) is 0 Å². The molecule has 0 saturated carbocycles. The van der Waals surface area contributed by atoms with E-state index in [-0.39, 0.29) is 0 Å². The first kappa shape index (κ1) is 27.5. The van der Waals surface area contributed by atoms with Gasteiger partial charge in [-0.05, 0) is 19.4 Å². The third kappa shape index (κ3) is 27.8. The van der Waals surface area contributed by atoms with Gasteiger partial charge in [-0.15, -0.1) is 0 Å². The predicted octanol–water partition coefficient (Wildman–Crippen LogP) is 8.12. The van der Waals surface area contributed by atoms with Crippen LogP contribution in [0.1, 0.15) is 89.5 Å². The van der Waals surface area contributed by atoms with E-state index in [1.165, 1.54) is 89.2 Å². The zero-order valence-corrected chi connectivity index (χ0v) is 19.7. The standard InChI is InChI=1S/C20H36N.6FH.Sb/c1-3-4-5-6-7-8-9-10-11-12-13-14-17-21-18-15-16-20(2)19-21;;;;;;;/h15-16,18-19H,3-14,17H2,1-2H3;6*1H;/q+1;;;;;;;+5/p-6. The van der Waals surface area contributed by atoms with E-state index in [1.54, 1.807) is 0 Å². The Bertz CT molecular complexity index is 519. The molecule has 0 aliphatic rings. The summed E-state index contributed by atoms with van der Waals surface area (Å²) < 4.78 is 61.9. The maximum atomic E-state index is 9.93. The molecule has 0 atom stereocenters. The van der Waals surface area contributed by atoms with Crippen LogP contribution in [0.2, 0.25) is 0 Å². The first-order chi connectivity index (χ1) is 12.8. The quantitative estimate of drug-likeness (QED) is 0.106. The van der Waals surface area contributed by atoms with Crippen molar-refractivity contribution in [3.8, 4) is 0 Å². The van der Waals surface area contributed by atoms with Crippen LogP contribution in [0.3, 0.4) is 0 Å². The van der Waals surface area contributed by atoms with Gasteiger partial charge in [0.1, 0.15) is 6.54 Å². The molecule has 0 spiro atoms. The summed E-state index contributed by atoms with van der Waals surface area (Å²) in [6, 6.07) is 4.31. The third-order valence-electron chi connectivity index (χ3n) is 4.28. The summed E-state index contributed by atoms with van der Waals surface area (Å²) in [5, 5.41) is 0. The Morgan fingerprint density at radius 1 is 0.714 bits per heavy atom. The number of aromatic nitrogens is 1. The Morgan fingerprint density at radius 3 is 1.50 bits per heavy atom. The molecular formula is C20H36F6NSb. The number of hydrogen-bond donors (Lipinski definition) is 0. The molecule has 1 heterocycles. The number of nitrogens with zero attached hydrogens (tertiary/aromatic N) is 1. The van der Waals surface area contributed by atoms with Crippen molar-refractivity contribution in [3.05, 3.63) is 30.1 Å². The molecule has 0 bridgehead atoms. The van der Waals surface area contributed by atoms with Crippen LogP contribution in [0.5, 0.6) is 0 Å². The Hall–Kier alpha value is -0.452. The molecule has 1 aromatic rings. The SMILES string of the molecule is CCCCCCCCCCCCCC[n+]1cccc(C)c1.[F][Sb-]([F])([F])([F])([F])[F]. The zero-order valence-electron chi connectivity index (χ0n) is 17.2. The summed E-state index contributed by atoms with van der Waals surface area (Å²) >= 11 is -11.2. The summed E-state index contributed by atoms with van der Waals surface area (Å²) in [7, 11) is 0. The Morgan fingerprint density at radius 2 is 1.11 bits per heavy atom. The van der Waals surface area contributed by atoms with Crippen LogP contribution in [-0.2, 0) is 6.54 Å². The molecular weight excluding hydrogens is 490 g/mol. The molecule has 0 saturated heterocycles. The van der Waals surface area contributed by atoms with Crippen molar-refractivity contribution in [2.24, 2.45) is 0 Å². The van der Waals surface area contributed by atoms with Crippen LogP contribution in [0.25, 0.3) is 0 Å². The van der Waals surface area contributed by atoms with Crippen LogP contribution < -0.4 is 4.57 Å². The molecule has 0 amide bonds. The molecule has 0 unspecified atom stereocenters. The van der Waals surface area contributed by atoms with Gasteiger partial charge >= 0.3 is 36.4 Å². The minimum atomic E-state index is -11.2. The number of pyridine rings is 1. The molecule has 0 N–H and O–H groups in total. The number of aryl methyl sites for hydroxylation is 2. The van der Waals surface area contributed by atoms with Crippen molar-refractivity contribution in [1.82, 2.24) is 0 Å². The van der Waals surface area contributed by atoms with Crippen molar-refractivity contribution < 1.29 is 21.4 Å². The number of rotatable bonds is 13. The van der Waals surface area contributed by atoms with Crippen molar-refractivity contribution in [3.63, 3.8) is 0 Å². The number of hydrogen-bond acceptors (Lipinski definition) is 0. The van der Waals surface area contributed by atoms with Gasteiger partial charge in [0, 0.05) is 18.1 Å². The topological polar surface area (TPSA) is 3.88 Å². The average Bonchev–Trinajstić information content (AvgIpc) is 2.53. The molecule has 8 heteroatoms. The van der Waals surface area contributed by atoms with E-state index in [4.69, 9.17) is 0 Å². The molecule has 1 rings (SSSR count). The summed E-state index contributed by atoms with van der Waals surface area (Å²) in [5.41, 5.74) is 1.36. The van der Waals surface area contributed by atoms with Gasteiger partial charge in [0.15, 0.2) is 12.4 Å². The van der Waals surface area contributed by atoms with Crippen molar-refractivity contribution in [2.45, 2.75) is 97.4 Å². The number of halogens is 6. The number of unbranched alkanes of at least 4 members (excludes halogenated alkanes) is 11. The van der Waals surface area contributed by atoms with Crippen molar-refractivity contribution in [1.29, 1.82) is 0 Å². The van der Waals surface area contributed by atoms with Gasteiger partial charge in [0.05, 0.1) is 0 Å². The van der Waals surface area contributed by atoms with Gasteiger partial charge in [-0.3, -0.25) is 0 Å². The second kappa shape index (κ2) is 12.3. The van der Waals surface area contributed by atoms with Crippen LogP contribution in [0.4, 0.5) is 16.9 Å². The Labute approximate surface area is 168 Å². The zero-order chi connectivity index (χ0) is 21.6. The first-order valence-electron chi connectivity index (χ1n) is 10.3. The van der Waals surface area contributed by atoms with E-state index in [0.29, 0.717) is 0 Å². The average molecular weight is 526 g/mol. The van der Waals surface area contributed by atoms with Gasteiger partial charge in [0.25, 0.3) is 0 Å². The summed E-state index contributed by atoms with van der Waals surface area (Å²) in [6.07, 6.45) is 21.5. The van der Waals surface area contributed by atoms with E-state index in [1.807, 2.05) is 0 Å². The Kier molecular flexibility index (Phi) is 12.1. The monoisotopic (exact) mass is 525 g/mol. The molecule has 0 aromatic carbocycles. The van der Waals surface area contributed by atoms with Crippen LogP contribution in [-0.4, -0.2) is 19.5 Å². The molecule has 0 fully saturated rings. The van der Waals surface area contributed by atoms with E-state index < -0.39 is 19.5 Å². The molecule has 0 aliphatic carbocycles. The van der Waals surface area contributed by atoms with Gasteiger partial charge in [-0.2, -0.15) is 0 Å². The second-order valence-corrected chi connectivity index (χ2v) is 12.9. The molecule has 1 aromatic heterocycles. The fourth-order valence-electron chi connectivity index (χ4n) is 2.93. The maximum absolute atomic E-state index is 11.2. The van der Waals surface area contributed by atoms with Gasteiger partial charge in [-0.1, -0.05) is 71.1 Å². The van der Waals surface area contributed by atoms with Gasteiger partial charge < -0.3 is 0 Å². The molecule has 0 aliphatic heterocycles. The third-order valence-corrected chi connectivity index (χ3v) is 4.28.